The Bertz CT molecular complexity index is 468. The van der Waals surface area contributed by atoms with Crippen LogP contribution in [0.3, 0.4) is 0 Å². The minimum atomic E-state index is 0.154. The monoisotopic (exact) mass is 190 g/mol. The molecule has 0 fully saturated rings. The average molecular weight is 190 g/mol. The molecule has 1 nitrogen and oxygen atoms in total. The van der Waals surface area contributed by atoms with Gasteiger partial charge in [-0.25, -0.2) is 0 Å². The summed E-state index contributed by atoms with van der Waals surface area (Å²) in [6, 6.07) is 3.92. The van der Waals surface area contributed by atoms with E-state index >= 15 is 0 Å². The second-order valence-corrected chi connectivity index (χ2v) is 4.01. The number of hydrogen-bond donors (Lipinski definition) is 0. The van der Waals surface area contributed by atoms with Crippen molar-refractivity contribution in [1.82, 2.24) is 0 Å². The van der Waals surface area contributed by atoms with Crippen molar-refractivity contribution in [3.05, 3.63) is 44.2 Å². The van der Waals surface area contributed by atoms with E-state index in [0.29, 0.717) is 0 Å². The topological polar surface area (TPSA) is 17.1 Å². The zero-order valence-electron chi connectivity index (χ0n) is 7.63. The normalized spacial score (nSPS) is 10.6. The summed E-state index contributed by atoms with van der Waals surface area (Å²) in [4.78, 5) is 11.6. The minimum Gasteiger partial charge on any atom is -0.289 e. The first-order valence-corrected chi connectivity index (χ1v) is 5.10. The Morgan fingerprint density at radius 3 is 1.92 bits per heavy atom. The first kappa shape index (κ1) is 8.45. The fourth-order valence-corrected chi connectivity index (χ4v) is 2.23. The van der Waals surface area contributed by atoms with E-state index in [2.05, 4.69) is 10.8 Å². The second-order valence-electron chi connectivity index (χ2n) is 3.27. The van der Waals surface area contributed by atoms with Gasteiger partial charge in [-0.3, -0.25) is 4.79 Å². The fourth-order valence-electron chi connectivity index (χ4n) is 1.46. The molecule has 0 saturated heterocycles. The van der Waals surface area contributed by atoms with Crippen LogP contribution < -0.4 is 5.43 Å². The summed E-state index contributed by atoms with van der Waals surface area (Å²) in [5.74, 6) is 0. The smallest absolute Gasteiger partial charge is 0.184 e. The zero-order chi connectivity index (χ0) is 9.42. The average Bonchev–Trinajstić information content (AvgIpc) is 2.47. The Kier molecular flexibility index (Phi) is 1.93. The van der Waals surface area contributed by atoms with Gasteiger partial charge in [-0.05, 0) is 58.6 Å². The summed E-state index contributed by atoms with van der Waals surface area (Å²) in [5.41, 5.74) is 1.80. The Labute approximate surface area is 80.7 Å². The Morgan fingerprint density at radius 1 is 1.00 bits per heavy atom. The molecule has 13 heavy (non-hydrogen) atoms. The molecule has 0 aliphatic rings. The van der Waals surface area contributed by atoms with Crippen molar-refractivity contribution in [2.24, 2.45) is 0 Å². The minimum absolute atomic E-state index is 0.154. The van der Waals surface area contributed by atoms with E-state index in [4.69, 9.17) is 0 Å². The predicted molar refractivity (Wildman–Crippen MR) is 57.6 cm³/mol. The summed E-state index contributed by atoms with van der Waals surface area (Å²) in [7, 11) is 0. The molecule has 1 aromatic carbocycles. The van der Waals surface area contributed by atoms with Crippen molar-refractivity contribution in [1.29, 1.82) is 0 Å². The van der Waals surface area contributed by atoms with Gasteiger partial charge in [0.15, 0.2) is 5.43 Å². The Hall–Kier alpha value is -1.15. The summed E-state index contributed by atoms with van der Waals surface area (Å²) in [6.07, 6.45) is 0. The lowest BCUT2D eigenvalue weighted by Crippen LogP contribution is -2.03. The Morgan fingerprint density at radius 2 is 1.46 bits per heavy atom. The third-order valence-corrected chi connectivity index (χ3v) is 2.96. The molecule has 2 rings (SSSR count). The van der Waals surface area contributed by atoms with Crippen LogP contribution in [-0.4, -0.2) is 0 Å². The van der Waals surface area contributed by atoms with Crippen molar-refractivity contribution in [3.8, 4) is 0 Å². The molecular formula is C11H10OS. The van der Waals surface area contributed by atoms with E-state index in [9.17, 15) is 4.79 Å². The van der Waals surface area contributed by atoms with Crippen molar-refractivity contribution < 1.29 is 0 Å². The van der Waals surface area contributed by atoms with Crippen LogP contribution in [0.5, 0.6) is 0 Å². The van der Waals surface area contributed by atoms with Gasteiger partial charge in [-0.2, -0.15) is 11.3 Å². The lowest BCUT2D eigenvalue weighted by molar-refractivity contribution is 1.35. The van der Waals surface area contributed by atoms with Crippen LogP contribution >= 0.6 is 11.3 Å². The van der Waals surface area contributed by atoms with Gasteiger partial charge >= 0.3 is 0 Å². The first-order chi connectivity index (χ1) is 6.18. The van der Waals surface area contributed by atoms with Gasteiger partial charge in [0.25, 0.3) is 0 Å². The number of rotatable bonds is 0. The maximum Gasteiger partial charge on any atom is 0.184 e. The molecule has 2 aromatic rings. The quantitative estimate of drug-likeness (QED) is 0.624. The predicted octanol–water partition coefficient (Wildman–Crippen LogP) is 2.88. The molecule has 0 radical (unpaired) electrons. The number of aryl methyl sites for hydroxylation is 2. The lowest BCUT2D eigenvalue weighted by Gasteiger charge is -1.82. The van der Waals surface area contributed by atoms with E-state index in [1.54, 1.807) is 11.3 Å². The molecule has 0 spiro atoms. The van der Waals surface area contributed by atoms with Crippen molar-refractivity contribution in [3.63, 3.8) is 0 Å². The summed E-state index contributed by atoms with van der Waals surface area (Å²) < 4.78 is 0. The molecule has 0 amide bonds. The van der Waals surface area contributed by atoms with Crippen LogP contribution in [0, 0.1) is 13.8 Å². The van der Waals surface area contributed by atoms with Gasteiger partial charge in [0.05, 0.1) is 0 Å². The maximum atomic E-state index is 11.6. The maximum absolute atomic E-state index is 11.6. The third-order valence-electron chi connectivity index (χ3n) is 2.18. The van der Waals surface area contributed by atoms with E-state index in [-0.39, 0.29) is 5.43 Å². The van der Waals surface area contributed by atoms with Crippen molar-refractivity contribution in [2.75, 3.05) is 0 Å². The summed E-state index contributed by atoms with van der Waals surface area (Å²) >= 11 is 1.67. The molecule has 0 bridgehead atoms. The van der Waals surface area contributed by atoms with Crippen LogP contribution in [0.25, 0.3) is 10.8 Å². The van der Waals surface area contributed by atoms with Gasteiger partial charge in [0.1, 0.15) is 0 Å². The largest absolute Gasteiger partial charge is 0.289 e. The van der Waals surface area contributed by atoms with E-state index in [1.165, 1.54) is 0 Å². The van der Waals surface area contributed by atoms with Crippen LogP contribution in [-0.2, 0) is 0 Å². The van der Waals surface area contributed by atoms with Crippen LogP contribution in [0.2, 0.25) is 0 Å². The molecule has 0 aliphatic carbocycles. The van der Waals surface area contributed by atoms with Crippen molar-refractivity contribution >= 4 is 22.1 Å². The van der Waals surface area contributed by atoms with E-state index < -0.39 is 0 Å². The van der Waals surface area contributed by atoms with Gasteiger partial charge in [0.2, 0.25) is 0 Å². The highest BCUT2D eigenvalue weighted by molar-refractivity contribution is 7.09. The van der Waals surface area contributed by atoms with E-state index in [1.807, 2.05) is 26.0 Å². The highest BCUT2D eigenvalue weighted by atomic mass is 32.1. The molecule has 0 saturated carbocycles. The number of fused-ring (bicyclic) bond motifs is 1. The molecule has 1 heterocycles. The zero-order valence-corrected chi connectivity index (χ0v) is 8.44. The highest BCUT2D eigenvalue weighted by Gasteiger charge is 1.99. The van der Waals surface area contributed by atoms with Crippen LogP contribution in [0.4, 0.5) is 0 Å². The molecule has 2 heteroatoms. The first-order valence-electron chi connectivity index (χ1n) is 4.16. The summed E-state index contributed by atoms with van der Waals surface area (Å²) in [6.45, 7) is 3.74. The molecule has 66 valence electrons. The van der Waals surface area contributed by atoms with Gasteiger partial charge in [-0.15, -0.1) is 0 Å². The van der Waals surface area contributed by atoms with E-state index in [0.717, 1.165) is 21.9 Å². The SMILES string of the molecule is Cc1cc2cscc2cc(C)c1=O. The fraction of sp³-hybridized carbons (Fsp3) is 0.182. The molecule has 0 atom stereocenters. The van der Waals surface area contributed by atoms with Crippen LogP contribution in [0.1, 0.15) is 11.1 Å². The molecular weight excluding hydrogens is 180 g/mol. The van der Waals surface area contributed by atoms with Crippen molar-refractivity contribution in [2.45, 2.75) is 13.8 Å². The van der Waals surface area contributed by atoms with Gasteiger partial charge in [0, 0.05) is 0 Å². The third kappa shape index (κ3) is 1.38. The molecule has 0 N–H and O–H groups in total. The summed E-state index contributed by atoms with van der Waals surface area (Å²) in [5, 5.41) is 6.46. The molecule has 0 aliphatic heterocycles. The highest BCUT2D eigenvalue weighted by Crippen LogP contribution is 2.18. The Balaban J connectivity index is 3.02. The number of thiophene rings is 1. The van der Waals surface area contributed by atoms with Gasteiger partial charge in [-0.1, -0.05) is 0 Å². The molecule has 1 aromatic heterocycles. The second kappa shape index (κ2) is 2.96. The van der Waals surface area contributed by atoms with Gasteiger partial charge < -0.3 is 0 Å². The number of hydrogen-bond acceptors (Lipinski definition) is 2. The lowest BCUT2D eigenvalue weighted by atomic mass is 10.2. The van der Waals surface area contributed by atoms with Crippen LogP contribution in [0.15, 0.2) is 27.7 Å². The standard InChI is InChI=1S/C11H10OS/c1-7-3-9-5-13-6-10(9)4-8(2)11(7)12/h3-6H,1-2H3. The molecule has 0 unspecified atom stereocenters.